The number of unbranched alkanes of at least 4 members (excludes halogenated alkanes) is 5. The Bertz CT molecular complexity index is 320. The van der Waals surface area contributed by atoms with Gasteiger partial charge in [-0.15, -0.1) is 0 Å². The quantitative estimate of drug-likeness (QED) is 0.605. The lowest BCUT2D eigenvalue weighted by atomic mass is 10.1. The van der Waals surface area contributed by atoms with Crippen LogP contribution < -0.4 is 4.74 Å². The summed E-state index contributed by atoms with van der Waals surface area (Å²) in [5.74, 6) is 0.763. The summed E-state index contributed by atoms with van der Waals surface area (Å²) in [5, 5.41) is 0. The van der Waals surface area contributed by atoms with Crippen LogP contribution >= 0.6 is 0 Å². The van der Waals surface area contributed by atoms with E-state index in [-0.39, 0.29) is 0 Å². The minimum Gasteiger partial charge on any atom is -0.494 e. The van der Waals surface area contributed by atoms with Crippen molar-refractivity contribution in [2.75, 3.05) is 6.61 Å². The molecule has 0 aliphatic rings. The first-order valence-electron chi connectivity index (χ1n) is 6.48. The van der Waals surface area contributed by atoms with Crippen molar-refractivity contribution in [3.05, 3.63) is 29.8 Å². The summed E-state index contributed by atoms with van der Waals surface area (Å²) in [6, 6.07) is 7.14. The number of rotatable bonds is 9. The molecule has 0 aliphatic heterocycles. The standard InChI is InChI=1S/C15H21O2/c1-2-3-4-5-6-7-11-17-15-10-8-9-14(12-15)13-16/h8-10,12H,2-7,11H2,1H3. The number of benzene rings is 1. The van der Waals surface area contributed by atoms with Gasteiger partial charge < -0.3 is 4.74 Å². The first-order valence-corrected chi connectivity index (χ1v) is 6.48. The van der Waals surface area contributed by atoms with Crippen molar-refractivity contribution in [3.8, 4) is 5.75 Å². The van der Waals surface area contributed by atoms with Gasteiger partial charge in [-0.1, -0.05) is 51.2 Å². The second kappa shape index (κ2) is 8.80. The molecule has 0 heterocycles. The highest BCUT2D eigenvalue weighted by molar-refractivity contribution is 5.75. The second-order valence-corrected chi connectivity index (χ2v) is 4.25. The molecule has 0 fully saturated rings. The van der Waals surface area contributed by atoms with Crippen LogP contribution in [-0.2, 0) is 4.79 Å². The molecular weight excluding hydrogens is 212 g/mol. The van der Waals surface area contributed by atoms with Crippen molar-refractivity contribution >= 4 is 6.29 Å². The normalized spacial score (nSPS) is 10.2. The van der Waals surface area contributed by atoms with Gasteiger partial charge in [0.05, 0.1) is 6.61 Å². The van der Waals surface area contributed by atoms with E-state index in [9.17, 15) is 4.79 Å². The first-order chi connectivity index (χ1) is 8.36. The molecule has 1 radical (unpaired) electrons. The summed E-state index contributed by atoms with van der Waals surface area (Å²) in [4.78, 5) is 10.5. The Morgan fingerprint density at radius 1 is 1.12 bits per heavy atom. The second-order valence-electron chi connectivity index (χ2n) is 4.25. The van der Waals surface area contributed by atoms with E-state index in [0.29, 0.717) is 5.56 Å². The topological polar surface area (TPSA) is 26.3 Å². The van der Waals surface area contributed by atoms with Crippen molar-refractivity contribution in [1.29, 1.82) is 0 Å². The lowest BCUT2D eigenvalue weighted by molar-refractivity contribution is 0.304. The van der Waals surface area contributed by atoms with Crippen LogP contribution in [0.5, 0.6) is 5.75 Å². The van der Waals surface area contributed by atoms with Crippen LogP contribution in [0, 0.1) is 0 Å². The van der Waals surface area contributed by atoms with Crippen molar-refractivity contribution in [2.45, 2.75) is 45.4 Å². The zero-order valence-corrected chi connectivity index (χ0v) is 10.6. The Morgan fingerprint density at radius 3 is 2.65 bits per heavy atom. The summed E-state index contributed by atoms with van der Waals surface area (Å²) >= 11 is 0. The molecule has 17 heavy (non-hydrogen) atoms. The molecule has 0 unspecified atom stereocenters. The molecule has 0 bridgehead atoms. The van der Waals surface area contributed by atoms with E-state index in [1.807, 2.05) is 18.4 Å². The molecule has 0 aliphatic carbocycles. The number of hydrogen-bond donors (Lipinski definition) is 0. The monoisotopic (exact) mass is 233 g/mol. The molecule has 0 saturated heterocycles. The lowest BCUT2D eigenvalue weighted by Gasteiger charge is -2.06. The minimum absolute atomic E-state index is 0.547. The van der Waals surface area contributed by atoms with Crippen LogP contribution in [0.25, 0.3) is 0 Å². The average molecular weight is 233 g/mol. The van der Waals surface area contributed by atoms with E-state index in [1.165, 1.54) is 32.1 Å². The maximum Gasteiger partial charge on any atom is 0.233 e. The fraction of sp³-hybridized carbons (Fsp3) is 0.533. The molecule has 93 valence electrons. The summed E-state index contributed by atoms with van der Waals surface area (Å²) < 4.78 is 5.58. The lowest BCUT2D eigenvalue weighted by Crippen LogP contribution is -1.97. The minimum atomic E-state index is 0.547. The van der Waals surface area contributed by atoms with Gasteiger partial charge >= 0.3 is 0 Å². The van der Waals surface area contributed by atoms with Crippen LogP contribution in [0.3, 0.4) is 0 Å². The van der Waals surface area contributed by atoms with Crippen LogP contribution in [-0.4, -0.2) is 12.9 Å². The number of hydrogen-bond acceptors (Lipinski definition) is 2. The van der Waals surface area contributed by atoms with E-state index in [1.54, 1.807) is 12.1 Å². The first kappa shape index (κ1) is 13.8. The molecule has 0 spiro atoms. The molecule has 0 atom stereocenters. The molecule has 0 N–H and O–H groups in total. The van der Waals surface area contributed by atoms with E-state index >= 15 is 0 Å². The van der Waals surface area contributed by atoms with Crippen molar-refractivity contribution in [1.82, 2.24) is 0 Å². The number of ether oxygens (including phenoxy) is 1. The Balaban J connectivity index is 2.11. The Hall–Kier alpha value is -1.31. The predicted octanol–water partition coefficient (Wildman–Crippen LogP) is 3.88. The zero-order chi connectivity index (χ0) is 12.3. The Labute approximate surface area is 104 Å². The molecular formula is C15H21O2. The highest BCUT2D eigenvalue weighted by Gasteiger charge is 1.96. The largest absolute Gasteiger partial charge is 0.494 e. The highest BCUT2D eigenvalue weighted by atomic mass is 16.5. The van der Waals surface area contributed by atoms with Crippen LogP contribution in [0.15, 0.2) is 24.3 Å². The third-order valence-electron chi connectivity index (χ3n) is 2.72. The average Bonchev–Trinajstić information content (AvgIpc) is 2.38. The summed E-state index contributed by atoms with van der Waals surface area (Å²) in [6.45, 7) is 2.95. The van der Waals surface area contributed by atoms with Gasteiger partial charge in [-0.05, 0) is 18.6 Å². The third kappa shape index (κ3) is 6.10. The Kier molecular flexibility index (Phi) is 7.12. The van der Waals surface area contributed by atoms with E-state index in [2.05, 4.69) is 6.92 Å². The highest BCUT2D eigenvalue weighted by Crippen LogP contribution is 2.13. The van der Waals surface area contributed by atoms with Gasteiger partial charge in [0.1, 0.15) is 5.75 Å². The van der Waals surface area contributed by atoms with Gasteiger partial charge in [0.15, 0.2) is 0 Å². The van der Waals surface area contributed by atoms with Gasteiger partial charge in [-0.3, -0.25) is 4.79 Å². The van der Waals surface area contributed by atoms with Gasteiger partial charge in [-0.2, -0.15) is 0 Å². The zero-order valence-electron chi connectivity index (χ0n) is 10.6. The molecule has 1 aromatic carbocycles. The summed E-state index contributed by atoms with van der Waals surface area (Å²) in [7, 11) is 0. The smallest absolute Gasteiger partial charge is 0.233 e. The van der Waals surface area contributed by atoms with Crippen LogP contribution in [0.1, 0.15) is 51.0 Å². The molecule has 0 saturated carbocycles. The van der Waals surface area contributed by atoms with Gasteiger partial charge in [0.2, 0.25) is 6.29 Å². The van der Waals surface area contributed by atoms with Gasteiger partial charge in [-0.25, -0.2) is 0 Å². The molecule has 0 amide bonds. The van der Waals surface area contributed by atoms with Crippen molar-refractivity contribution in [2.24, 2.45) is 0 Å². The molecule has 1 rings (SSSR count). The molecule has 2 heteroatoms. The van der Waals surface area contributed by atoms with E-state index in [0.717, 1.165) is 18.8 Å². The maximum absolute atomic E-state index is 10.5. The fourth-order valence-electron chi connectivity index (χ4n) is 1.72. The summed E-state index contributed by atoms with van der Waals surface area (Å²) in [6.07, 6.45) is 9.40. The van der Waals surface area contributed by atoms with Crippen LogP contribution in [0.4, 0.5) is 0 Å². The van der Waals surface area contributed by atoms with Gasteiger partial charge in [0, 0.05) is 5.56 Å². The van der Waals surface area contributed by atoms with E-state index in [4.69, 9.17) is 4.74 Å². The Morgan fingerprint density at radius 2 is 1.88 bits per heavy atom. The van der Waals surface area contributed by atoms with E-state index < -0.39 is 0 Å². The van der Waals surface area contributed by atoms with Gasteiger partial charge in [0.25, 0.3) is 0 Å². The van der Waals surface area contributed by atoms with Crippen molar-refractivity contribution in [3.63, 3.8) is 0 Å². The van der Waals surface area contributed by atoms with Crippen LogP contribution in [0.2, 0.25) is 0 Å². The molecule has 2 nitrogen and oxygen atoms in total. The fourth-order valence-corrected chi connectivity index (χ4v) is 1.72. The van der Waals surface area contributed by atoms with Crippen molar-refractivity contribution < 1.29 is 9.53 Å². The SMILES string of the molecule is CCCCCCCCOc1cccc([C]=O)c1. The molecule has 1 aromatic rings. The molecule has 0 aromatic heterocycles. The maximum atomic E-state index is 10.5. The summed E-state index contributed by atoms with van der Waals surface area (Å²) in [5.41, 5.74) is 0.547. The third-order valence-corrected chi connectivity index (χ3v) is 2.72. The predicted molar refractivity (Wildman–Crippen MR) is 70.1 cm³/mol. The number of carbonyl (C=O) groups excluding carboxylic acids is 1.